The fraction of sp³-hybridized carbons (Fsp3) is 0.440. The van der Waals surface area contributed by atoms with E-state index in [9.17, 15) is 9.59 Å². The summed E-state index contributed by atoms with van der Waals surface area (Å²) in [5, 5.41) is 0. The Morgan fingerprint density at radius 1 is 1.07 bits per heavy atom. The second-order valence-electron chi connectivity index (χ2n) is 8.67. The van der Waals surface area contributed by atoms with Gasteiger partial charge < -0.3 is 14.5 Å². The maximum atomic E-state index is 13.3. The van der Waals surface area contributed by atoms with Gasteiger partial charge in [-0.05, 0) is 29.5 Å². The third kappa shape index (κ3) is 4.12. The fourth-order valence-electron chi connectivity index (χ4n) is 4.43. The van der Waals surface area contributed by atoms with Gasteiger partial charge in [-0.1, -0.05) is 61.0 Å². The van der Waals surface area contributed by atoms with Crippen molar-refractivity contribution in [2.75, 3.05) is 33.8 Å². The number of nitrogens with zero attached hydrogens (tertiary/aromatic N) is 2. The third-order valence-corrected chi connectivity index (χ3v) is 6.27. The predicted molar refractivity (Wildman–Crippen MR) is 117 cm³/mol. The van der Waals surface area contributed by atoms with E-state index in [1.807, 2.05) is 35.2 Å². The Morgan fingerprint density at radius 3 is 2.47 bits per heavy atom. The van der Waals surface area contributed by atoms with Crippen LogP contribution < -0.4 is 0 Å². The summed E-state index contributed by atoms with van der Waals surface area (Å²) in [6.45, 7) is 1.26. The third-order valence-electron chi connectivity index (χ3n) is 6.27. The van der Waals surface area contributed by atoms with Crippen LogP contribution in [-0.2, 0) is 20.7 Å². The molecule has 1 saturated carbocycles. The molecule has 5 heteroatoms. The van der Waals surface area contributed by atoms with Crippen molar-refractivity contribution in [3.63, 3.8) is 0 Å². The van der Waals surface area contributed by atoms with Gasteiger partial charge >= 0.3 is 0 Å². The van der Waals surface area contributed by atoms with Crippen LogP contribution in [0.2, 0.25) is 0 Å². The van der Waals surface area contributed by atoms with Gasteiger partial charge in [-0.3, -0.25) is 9.59 Å². The highest BCUT2D eigenvalue weighted by atomic mass is 16.5. The number of morpholine rings is 1. The number of carbonyl (C=O) groups is 2. The van der Waals surface area contributed by atoms with Gasteiger partial charge in [0.1, 0.15) is 0 Å². The fourth-order valence-corrected chi connectivity index (χ4v) is 4.43. The average Bonchev–Trinajstić information content (AvgIpc) is 2.73. The van der Waals surface area contributed by atoms with E-state index in [4.69, 9.17) is 4.74 Å². The van der Waals surface area contributed by atoms with Crippen LogP contribution in [0.3, 0.4) is 0 Å². The molecule has 1 aliphatic carbocycles. The lowest BCUT2D eigenvalue weighted by Gasteiger charge is -2.44. The van der Waals surface area contributed by atoms with Crippen molar-refractivity contribution in [3.05, 3.63) is 60.2 Å². The molecule has 4 rings (SSSR count). The van der Waals surface area contributed by atoms with Gasteiger partial charge in [0.25, 0.3) is 5.91 Å². The highest BCUT2D eigenvalue weighted by Gasteiger charge is 2.47. The molecule has 2 aromatic carbocycles. The summed E-state index contributed by atoms with van der Waals surface area (Å²) in [4.78, 5) is 29.6. The first-order chi connectivity index (χ1) is 14.5. The first kappa shape index (κ1) is 20.6. The number of hydrogen-bond acceptors (Lipinski definition) is 3. The smallest absolute Gasteiger partial charge is 0.256 e. The van der Waals surface area contributed by atoms with Crippen LogP contribution in [0.5, 0.6) is 0 Å². The van der Waals surface area contributed by atoms with E-state index in [1.54, 1.807) is 19.0 Å². The monoisotopic (exact) mass is 406 g/mol. The molecule has 2 aliphatic rings. The number of hydrogen-bond donors (Lipinski definition) is 0. The Labute approximate surface area is 178 Å². The van der Waals surface area contributed by atoms with Crippen LogP contribution in [0.1, 0.15) is 24.8 Å². The molecule has 1 atom stereocenters. The zero-order valence-electron chi connectivity index (χ0n) is 17.8. The van der Waals surface area contributed by atoms with Crippen LogP contribution >= 0.6 is 0 Å². The van der Waals surface area contributed by atoms with E-state index in [1.165, 1.54) is 0 Å². The topological polar surface area (TPSA) is 49.9 Å². The van der Waals surface area contributed by atoms with E-state index in [-0.39, 0.29) is 17.7 Å². The van der Waals surface area contributed by atoms with Gasteiger partial charge in [0.15, 0.2) is 5.60 Å². The van der Waals surface area contributed by atoms with Gasteiger partial charge in [-0.25, -0.2) is 0 Å². The Kier molecular flexibility index (Phi) is 5.91. The van der Waals surface area contributed by atoms with Crippen LogP contribution in [0.15, 0.2) is 54.6 Å². The molecular formula is C25H30N2O3. The van der Waals surface area contributed by atoms with Crippen molar-refractivity contribution in [1.29, 1.82) is 0 Å². The van der Waals surface area contributed by atoms with E-state index < -0.39 is 5.60 Å². The SMILES string of the molecule is CN(C)C(=O)[C@]1(Cc2cccc(-c3ccccc3)c2)CN(C(=O)C2CCC2)CCO1. The Morgan fingerprint density at radius 2 is 1.80 bits per heavy atom. The Hall–Kier alpha value is -2.66. The normalized spacial score (nSPS) is 21.7. The van der Waals surface area contributed by atoms with E-state index >= 15 is 0 Å². The van der Waals surface area contributed by atoms with Crippen molar-refractivity contribution < 1.29 is 14.3 Å². The van der Waals surface area contributed by atoms with Crippen LogP contribution in [0.25, 0.3) is 11.1 Å². The highest BCUT2D eigenvalue weighted by Crippen LogP contribution is 2.32. The number of amides is 2. The minimum Gasteiger partial charge on any atom is -0.361 e. The quantitative estimate of drug-likeness (QED) is 0.765. The van der Waals surface area contributed by atoms with E-state index in [0.717, 1.165) is 36.0 Å². The van der Waals surface area contributed by atoms with Crippen molar-refractivity contribution in [2.24, 2.45) is 5.92 Å². The zero-order valence-corrected chi connectivity index (χ0v) is 17.8. The minimum atomic E-state index is -1.05. The average molecular weight is 407 g/mol. The molecule has 2 amide bonds. The Bertz CT molecular complexity index is 908. The lowest BCUT2D eigenvalue weighted by Crippen LogP contribution is -2.62. The summed E-state index contributed by atoms with van der Waals surface area (Å²) in [6.07, 6.45) is 3.49. The summed E-state index contributed by atoms with van der Waals surface area (Å²) in [5.41, 5.74) is 2.23. The number of benzene rings is 2. The molecule has 158 valence electrons. The molecule has 5 nitrogen and oxygen atoms in total. The number of likely N-dealkylation sites (N-methyl/N-ethyl adjacent to an activating group) is 1. The van der Waals surface area contributed by atoms with Gasteiger partial charge in [-0.2, -0.15) is 0 Å². The van der Waals surface area contributed by atoms with Gasteiger partial charge in [0.2, 0.25) is 5.91 Å². The lowest BCUT2D eigenvalue weighted by molar-refractivity contribution is -0.174. The molecule has 1 heterocycles. The van der Waals surface area contributed by atoms with E-state index in [2.05, 4.69) is 24.3 Å². The van der Waals surface area contributed by atoms with Crippen LogP contribution in [0, 0.1) is 5.92 Å². The molecule has 1 aliphatic heterocycles. The molecule has 0 N–H and O–H groups in total. The summed E-state index contributed by atoms with van der Waals surface area (Å²) >= 11 is 0. The molecule has 0 aromatic heterocycles. The lowest BCUT2D eigenvalue weighted by atomic mass is 9.83. The predicted octanol–water partition coefficient (Wildman–Crippen LogP) is 3.38. The molecular weight excluding hydrogens is 376 g/mol. The second-order valence-corrected chi connectivity index (χ2v) is 8.67. The first-order valence-electron chi connectivity index (χ1n) is 10.8. The molecule has 1 saturated heterocycles. The summed E-state index contributed by atoms with van der Waals surface area (Å²) in [7, 11) is 3.50. The van der Waals surface area contributed by atoms with Crippen molar-refractivity contribution in [3.8, 4) is 11.1 Å². The second kappa shape index (κ2) is 8.60. The van der Waals surface area contributed by atoms with Gasteiger partial charge in [-0.15, -0.1) is 0 Å². The highest BCUT2D eigenvalue weighted by molar-refractivity contribution is 5.87. The van der Waals surface area contributed by atoms with E-state index in [0.29, 0.717) is 26.1 Å². The summed E-state index contributed by atoms with van der Waals surface area (Å²) in [6, 6.07) is 18.5. The number of rotatable bonds is 5. The van der Waals surface area contributed by atoms with Gasteiger partial charge in [0, 0.05) is 33.0 Å². The number of ether oxygens (including phenoxy) is 1. The molecule has 0 bridgehead atoms. The maximum Gasteiger partial charge on any atom is 0.256 e. The van der Waals surface area contributed by atoms with Crippen molar-refractivity contribution >= 4 is 11.8 Å². The van der Waals surface area contributed by atoms with Gasteiger partial charge in [0.05, 0.1) is 13.2 Å². The van der Waals surface area contributed by atoms with Crippen LogP contribution in [-0.4, -0.2) is 61.0 Å². The number of carbonyl (C=O) groups excluding carboxylic acids is 2. The molecule has 0 spiro atoms. The molecule has 0 radical (unpaired) electrons. The minimum absolute atomic E-state index is 0.0845. The molecule has 2 fully saturated rings. The molecule has 0 unspecified atom stereocenters. The molecule has 30 heavy (non-hydrogen) atoms. The first-order valence-corrected chi connectivity index (χ1v) is 10.8. The van der Waals surface area contributed by atoms with Crippen LogP contribution in [0.4, 0.5) is 0 Å². The Balaban J connectivity index is 1.61. The summed E-state index contributed by atoms with van der Waals surface area (Å²) in [5.74, 6) is 0.217. The van der Waals surface area contributed by atoms with Crippen molar-refractivity contribution in [1.82, 2.24) is 9.80 Å². The zero-order chi connectivity index (χ0) is 21.1. The maximum absolute atomic E-state index is 13.3. The standard InChI is InChI=1S/C25H30N2O3/c1-26(2)24(29)25(18-27(14-15-30-25)23(28)21-11-7-12-21)17-19-8-6-13-22(16-19)20-9-4-3-5-10-20/h3-6,8-10,13,16,21H,7,11-12,14-15,17-18H2,1-2H3/t25-/m0/s1. The largest absolute Gasteiger partial charge is 0.361 e. The van der Waals surface area contributed by atoms with Crippen molar-refractivity contribution in [2.45, 2.75) is 31.3 Å². The summed E-state index contributed by atoms with van der Waals surface area (Å²) < 4.78 is 6.16. The molecule has 2 aromatic rings.